The first kappa shape index (κ1) is 17.9. The van der Waals surface area contributed by atoms with Gasteiger partial charge >= 0.3 is 6.18 Å². The van der Waals surface area contributed by atoms with E-state index in [0.717, 1.165) is 6.07 Å². The number of imidazole rings is 1. The highest BCUT2D eigenvalue weighted by Crippen LogP contribution is 2.31. The largest absolute Gasteiger partial charge is 0.481 e. The van der Waals surface area contributed by atoms with E-state index in [0.29, 0.717) is 22.8 Å². The Morgan fingerprint density at radius 3 is 2.61 bits per heavy atom. The zero-order valence-electron chi connectivity index (χ0n) is 14.4. The van der Waals surface area contributed by atoms with Crippen LogP contribution in [0.2, 0.25) is 0 Å². The summed E-state index contributed by atoms with van der Waals surface area (Å²) in [6.45, 7) is 0. The maximum absolute atomic E-state index is 14.4. The van der Waals surface area contributed by atoms with E-state index in [-0.39, 0.29) is 11.3 Å². The summed E-state index contributed by atoms with van der Waals surface area (Å²) in [6.07, 6.45) is -1.94. The monoisotopic (exact) mass is 388 g/mol. The summed E-state index contributed by atoms with van der Waals surface area (Å²) in [5.74, 6) is -0.257. The number of benzene rings is 1. The van der Waals surface area contributed by atoms with Crippen LogP contribution in [-0.4, -0.2) is 26.5 Å². The smallest absolute Gasteiger partial charge is 0.433 e. The van der Waals surface area contributed by atoms with Crippen molar-refractivity contribution in [3.63, 3.8) is 0 Å². The Bertz CT molecular complexity index is 1170. The van der Waals surface area contributed by atoms with Crippen LogP contribution in [0.15, 0.2) is 54.9 Å². The van der Waals surface area contributed by atoms with E-state index in [1.54, 1.807) is 24.3 Å². The number of aromatic nitrogens is 4. The van der Waals surface area contributed by atoms with Crippen molar-refractivity contribution >= 4 is 5.78 Å². The van der Waals surface area contributed by atoms with Crippen molar-refractivity contribution in [3.05, 3.63) is 66.4 Å². The van der Waals surface area contributed by atoms with Gasteiger partial charge in [-0.25, -0.2) is 19.3 Å². The highest BCUT2D eigenvalue weighted by Gasteiger charge is 2.33. The predicted octanol–water partition coefficient (Wildman–Crippen LogP) is 4.62. The van der Waals surface area contributed by atoms with E-state index in [1.165, 1.54) is 36.0 Å². The summed E-state index contributed by atoms with van der Waals surface area (Å²) in [6, 6.07) is 10.2. The molecule has 0 radical (unpaired) electrons. The molecule has 0 aliphatic rings. The minimum atomic E-state index is -4.56. The zero-order valence-corrected chi connectivity index (χ0v) is 14.4. The van der Waals surface area contributed by atoms with E-state index in [9.17, 15) is 17.6 Å². The number of nitrogens with zero attached hydrogens (tertiary/aromatic N) is 4. The van der Waals surface area contributed by atoms with Gasteiger partial charge in [-0.1, -0.05) is 6.07 Å². The maximum Gasteiger partial charge on any atom is 0.433 e. The van der Waals surface area contributed by atoms with Crippen LogP contribution < -0.4 is 4.74 Å². The van der Waals surface area contributed by atoms with Crippen molar-refractivity contribution in [2.24, 2.45) is 0 Å². The van der Waals surface area contributed by atoms with Gasteiger partial charge in [-0.3, -0.25) is 4.40 Å². The molecule has 4 aromatic rings. The van der Waals surface area contributed by atoms with Crippen LogP contribution in [0.5, 0.6) is 5.88 Å². The molecule has 0 unspecified atom stereocenters. The summed E-state index contributed by atoms with van der Waals surface area (Å²) in [4.78, 5) is 11.7. The molecule has 1 aromatic carbocycles. The van der Waals surface area contributed by atoms with Crippen LogP contribution >= 0.6 is 0 Å². The summed E-state index contributed by atoms with van der Waals surface area (Å²) in [5.41, 5.74) is 0.587. The molecule has 0 fully saturated rings. The van der Waals surface area contributed by atoms with Crippen molar-refractivity contribution in [1.82, 2.24) is 19.4 Å². The molecule has 0 saturated carbocycles. The second-order valence-electron chi connectivity index (χ2n) is 5.88. The fourth-order valence-electron chi connectivity index (χ4n) is 2.80. The fourth-order valence-corrected chi connectivity index (χ4v) is 2.80. The van der Waals surface area contributed by atoms with Gasteiger partial charge in [-0.15, -0.1) is 0 Å². The summed E-state index contributed by atoms with van der Waals surface area (Å²) < 4.78 is 59.4. The lowest BCUT2D eigenvalue weighted by molar-refractivity contribution is -0.141. The second-order valence-corrected chi connectivity index (χ2v) is 5.88. The molecule has 28 heavy (non-hydrogen) atoms. The molecule has 3 aromatic heterocycles. The zero-order chi connectivity index (χ0) is 19.9. The quantitative estimate of drug-likeness (QED) is 0.481. The Hall–Kier alpha value is -3.49. The number of fused-ring (bicyclic) bond motifs is 1. The molecule has 0 aliphatic carbocycles. The van der Waals surface area contributed by atoms with Gasteiger partial charge in [0.2, 0.25) is 11.7 Å². The average molecular weight is 388 g/mol. The Kier molecular flexibility index (Phi) is 4.21. The van der Waals surface area contributed by atoms with Crippen LogP contribution in [0.4, 0.5) is 17.6 Å². The minimum Gasteiger partial charge on any atom is -0.481 e. The van der Waals surface area contributed by atoms with Gasteiger partial charge in [0.05, 0.1) is 24.7 Å². The Labute approximate surface area is 156 Å². The highest BCUT2D eigenvalue weighted by molar-refractivity contribution is 5.71. The molecule has 0 atom stereocenters. The van der Waals surface area contributed by atoms with Crippen molar-refractivity contribution in [2.45, 2.75) is 6.18 Å². The second kappa shape index (κ2) is 6.59. The topological polar surface area (TPSA) is 52.3 Å². The summed E-state index contributed by atoms with van der Waals surface area (Å²) >= 11 is 0. The van der Waals surface area contributed by atoms with Gasteiger partial charge in [-0.2, -0.15) is 13.2 Å². The average Bonchev–Trinajstić information content (AvgIpc) is 3.11. The van der Waals surface area contributed by atoms with Gasteiger partial charge in [0.15, 0.2) is 0 Å². The Morgan fingerprint density at radius 2 is 1.86 bits per heavy atom. The molecule has 3 heterocycles. The normalized spacial score (nSPS) is 11.8. The number of ether oxygens (including phenoxy) is 1. The van der Waals surface area contributed by atoms with Crippen LogP contribution in [0.1, 0.15) is 5.69 Å². The van der Waals surface area contributed by atoms with Crippen molar-refractivity contribution in [1.29, 1.82) is 0 Å². The van der Waals surface area contributed by atoms with E-state index >= 15 is 0 Å². The third-order valence-electron chi connectivity index (χ3n) is 4.14. The first-order valence-corrected chi connectivity index (χ1v) is 8.09. The Morgan fingerprint density at radius 1 is 1.04 bits per heavy atom. The lowest BCUT2D eigenvalue weighted by Gasteiger charge is -2.09. The first-order chi connectivity index (χ1) is 13.4. The maximum atomic E-state index is 14.4. The molecule has 0 N–H and O–H groups in total. The van der Waals surface area contributed by atoms with E-state index in [1.807, 2.05) is 0 Å². The fraction of sp³-hybridized carbons (Fsp3) is 0.105. The molecular weight excluding hydrogens is 376 g/mol. The van der Waals surface area contributed by atoms with Gasteiger partial charge in [0.25, 0.3) is 0 Å². The number of rotatable bonds is 3. The highest BCUT2D eigenvalue weighted by atomic mass is 19.4. The van der Waals surface area contributed by atoms with Crippen molar-refractivity contribution in [2.75, 3.05) is 7.11 Å². The van der Waals surface area contributed by atoms with Gasteiger partial charge < -0.3 is 4.74 Å². The van der Waals surface area contributed by atoms with E-state index in [4.69, 9.17) is 4.74 Å². The lowest BCUT2D eigenvalue weighted by atomic mass is 10.0. The third kappa shape index (κ3) is 3.15. The molecule has 0 bridgehead atoms. The van der Waals surface area contributed by atoms with E-state index in [2.05, 4.69) is 15.0 Å². The minimum absolute atomic E-state index is 0.102. The summed E-state index contributed by atoms with van der Waals surface area (Å²) in [7, 11) is 1.46. The van der Waals surface area contributed by atoms with Crippen molar-refractivity contribution < 1.29 is 22.3 Å². The molecule has 0 aliphatic heterocycles. The number of hydrogen-bond acceptors (Lipinski definition) is 4. The Balaban J connectivity index is 1.82. The lowest BCUT2D eigenvalue weighted by Crippen LogP contribution is -2.09. The standard InChI is InChI=1S/C19H12F4N4O/c1-28-17-4-2-3-14(25-17)12-9-11(5-6-13(12)20)15-10-24-18-26-16(19(21,22)23)7-8-27(15)18/h2-10H,1H3. The molecule has 142 valence electrons. The number of pyridine rings is 1. The van der Waals surface area contributed by atoms with E-state index < -0.39 is 17.7 Å². The van der Waals surface area contributed by atoms with Gasteiger partial charge in [0, 0.05) is 23.4 Å². The van der Waals surface area contributed by atoms with Crippen molar-refractivity contribution in [3.8, 4) is 28.4 Å². The number of halogens is 4. The SMILES string of the molecule is COc1cccc(-c2cc(-c3cnc4nc(C(F)(F)F)ccn34)ccc2F)n1. The molecule has 5 nitrogen and oxygen atoms in total. The van der Waals surface area contributed by atoms with Crippen LogP contribution in [0.3, 0.4) is 0 Å². The molecule has 9 heteroatoms. The summed E-state index contributed by atoms with van der Waals surface area (Å²) in [5, 5.41) is 0. The van der Waals surface area contributed by atoms with Crippen LogP contribution in [-0.2, 0) is 6.18 Å². The van der Waals surface area contributed by atoms with Gasteiger partial charge in [0.1, 0.15) is 11.5 Å². The first-order valence-electron chi connectivity index (χ1n) is 8.09. The number of hydrogen-bond donors (Lipinski definition) is 0. The molecule has 0 saturated heterocycles. The van der Waals surface area contributed by atoms with Crippen LogP contribution in [0, 0.1) is 5.82 Å². The van der Waals surface area contributed by atoms with Gasteiger partial charge in [-0.05, 0) is 30.3 Å². The van der Waals surface area contributed by atoms with Crippen LogP contribution in [0.25, 0.3) is 28.3 Å². The number of methoxy groups -OCH3 is 1. The predicted molar refractivity (Wildman–Crippen MR) is 93.2 cm³/mol. The third-order valence-corrected chi connectivity index (χ3v) is 4.14. The molecule has 0 amide bonds. The molecule has 0 spiro atoms. The molecule has 4 rings (SSSR count). The number of alkyl halides is 3. The molecular formula is C19H12F4N4O.